The van der Waals surface area contributed by atoms with Gasteiger partial charge in [-0.25, -0.2) is 0 Å². The van der Waals surface area contributed by atoms with E-state index < -0.39 is 0 Å². The van der Waals surface area contributed by atoms with E-state index in [1.54, 1.807) is 4.90 Å². The summed E-state index contributed by atoms with van der Waals surface area (Å²) in [6.45, 7) is 7.59. The zero-order valence-electron chi connectivity index (χ0n) is 17.3. The smallest absolute Gasteiger partial charge is 0.229 e. The van der Waals surface area contributed by atoms with Crippen molar-refractivity contribution < 1.29 is 9.59 Å². The SMILES string of the molecule is Cc1cccc(N2CC(C(=O)Nc3ccccc3CN3CCCC3)CC2=O)c1C. The highest BCUT2D eigenvalue weighted by atomic mass is 16.2. The van der Waals surface area contributed by atoms with Crippen LogP contribution in [-0.4, -0.2) is 36.3 Å². The summed E-state index contributed by atoms with van der Waals surface area (Å²) >= 11 is 0. The van der Waals surface area contributed by atoms with Gasteiger partial charge < -0.3 is 10.2 Å². The molecule has 5 nitrogen and oxygen atoms in total. The van der Waals surface area contributed by atoms with Crippen molar-refractivity contribution in [3.05, 3.63) is 59.2 Å². The average molecular weight is 392 g/mol. The molecule has 0 bridgehead atoms. The van der Waals surface area contributed by atoms with Crippen molar-refractivity contribution in [2.45, 2.75) is 39.7 Å². The van der Waals surface area contributed by atoms with E-state index in [0.717, 1.165) is 47.7 Å². The zero-order chi connectivity index (χ0) is 20.4. The van der Waals surface area contributed by atoms with Gasteiger partial charge in [0, 0.05) is 30.9 Å². The normalized spacial score (nSPS) is 19.7. The number of para-hydroxylation sites is 1. The van der Waals surface area contributed by atoms with Crippen molar-refractivity contribution in [3.63, 3.8) is 0 Å². The molecule has 0 radical (unpaired) electrons. The summed E-state index contributed by atoms with van der Waals surface area (Å²) in [6, 6.07) is 14.0. The second-order valence-electron chi connectivity index (χ2n) is 8.25. The first kappa shape index (κ1) is 19.6. The van der Waals surface area contributed by atoms with E-state index in [1.807, 2.05) is 50.2 Å². The van der Waals surface area contributed by atoms with Crippen molar-refractivity contribution in [2.75, 3.05) is 29.9 Å². The summed E-state index contributed by atoms with van der Waals surface area (Å²) in [4.78, 5) is 29.8. The monoisotopic (exact) mass is 391 g/mol. The largest absolute Gasteiger partial charge is 0.325 e. The second kappa shape index (κ2) is 8.37. The maximum absolute atomic E-state index is 13.0. The van der Waals surface area contributed by atoms with Gasteiger partial charge in [-0.1, -0.05) is 30.3 Å². The topological polar surface area (TPSA) is 52.7 Å². The second-order valence-corrected chi connectivity index (χ2v) is 8.25. The lowest BCUT2D eigenvalue weighted by molar-refractivity contribution is -0.122. The molecular formula is C24H29N3O2. The Labute approximate surface area is 172 Å². The highest BCUT2D eigenvalue weighted by Crippen LogP contribution is 2.30. The third-order valence-electron chi connectivity index (χ3n) is 6.23. The molecule has 2 aliphatic heterocycles. The Morgan fingerprint density at radius 2 is 1.83 bits per heavy atom. The van der Waals surface area contributed by atoms with Crippen LogP contribution in [0.5, 0.6) is 0 Å². The standard InChI is InChI=1S/C24H29N3O2/c1-17-8-7-11-22(18(17)2)27-16-20(14-23(27)28)24(29)25-21-10-4-3-9-19(21)15-26-12-5-6-13-26/h3-4,7-11,20H,5-6,12-16H2,1-2H3,(H,25,29). The molecule has 1 N–H and O–H groups in total. The van der Waals surface area contributed by atoms with Crippen LogP contribution in [0.3, 0.4) is 0 Å². The van der Waals surface area contributed by atoms with Crippen LogP contribution in [0.15, 0.2) is 42.5 Å². The summed E-state index contributed by atoms with van der Waals surface area (Å²) in [5.74, 6) is -0.383. The molecule has 2 aliphatic rings. The fourth-order valence-corrected chi connectivity index (χ4v) is 4.34. The number of carbonyl (C=O) groups excluding carboxylic acids is 2. The lowest BCUT2D eigenvalue weighted by atomic mass is 10.1. The van der Waals surface area contributed by atoms with Crippen LogP contribution >= 0.6 is 0 Å². The molecule has 2 heterocycles. The molecule has 1 unspecified atom stereocenters. The van der Waals surface area contributed by atoms with Gasteiger partial charge in [-0.05, 0) is 68.6 Å². The van der Waals surface area contributed by atoms with Gasteiger partial charge in [-0.15, -0.1) is 0 Å². The molecule has 2 aromatic rings. The summed E-state index contributed by atoms with van der Waals surface area (Å²) in [7, 11) is 0. The van der Waals surface area contributed by atoms with Crippen LogP contribution in [0.2, 0.25) is 0 Å². The number of hydrogen-bond acceptors (Lipinski definition) is 3. The van der Waals surface area contributed by atoms with E-state index in [9.17, 15) is 9.59 Å². The summed E-state index contributed by atoms with van der Waals surface area (Å²) in [5, 5.41) is 3.10. The van der Waals surface area contributed by atoms with Gasteiger partial charge in [0.2, 0.25) is 11.8 Å². The zero-order valence-corrected chi connectivity index (χ0v) is 17.3. The number of hydrogen-bond donors (Lipinski definition) is 1. The molecule has 4 rings (SSSR count). The summed E-state index contributed by atoms with van der Waals surface area (Å²) < 4.78 is 0. The predicted octanol–water partition coefficient (Wildman–Crippen LogP) is 3.89. The molecule has 0 aromatic heterocycles. The van der Waals surface area contributed by atoms with Gasteiger partial charge >= 0.3 is 0 Å². The minimum atomic E-state index is -0.331. The number of nitrogens with zero attached hydrogens (tertiary/aromatic N) is 2. The van der Waals surface area contributed by atoms with E-state index >= 15 is 0 Å². The van der Waals surface area contributed by atoms with E-state index in [2.05, 4.69) is 16.3 Å². The van der Waals surface area contributed by atoms with Crippen LogP contribution in [0.4, 0.5) is 11.4 Å². The molecular weight excluding hydrogens is 362 g/mol. The van der Waals surface area contributed by atoms with Gasteiger partial charge in [0.15, 0.2) is 0 Å². The van der Waals surface area contributed by atoms with Crippen LogP contribution in [0.25, 0.3) is 0 Å². The van der Waals surface area contributed by atoms with E-state index in [0.29, 0.717) is 6.54 Å². The minimum absolute atomic E-state index is 0.0178. The number of rotatable bonds is 5. The molecule has 152 valence electrons. The van der Waals surface area contributed by atoms with Crippen LogP contribution in [-0.2, 0) is 16.1 Å². The molecule has 0 aliphatic carbocycles. The number of amides is 2. The molecule has 1 atom stereocenters. The van der Waals surface area contributed by atoms with Crippen molar-refractivity contribution in [2.24, 2.45) is 5.92 Å². The third-order valence-corrected chi connectivity index (χ3v) is 6.23. The Morgan fingerprint density at radius 3 is 2.62 bits per heavy atom. The minimum Gasteiger partial charge on any atom is -0.325 e. The van der Waals surface area contributed by atoms with E-state index in [1.165, 1.54) is 12.8 Å². The maximum Gasteiger partial charge on any atom is 0.229 e. The quantitative estimate of drug-likeness (QED) is 0.841. The Kier molecular flexibility index (Phi) is 5.67. The molecule has 29 heavy (non-hydrogen) atoms. The Bertz CT molecular complexity index is 918. The number of carbonyl (C=O) groups is 2. The molecule has 0 saturated carbocycles. The number of nitrogens with one attached hydrogen (secondary N) is 1. The Hall–Kier alpha value is -2.66. The van der Waals surface area contributed by atoms with Crippen molar-refractivity contribution in [1.29, 1.82) is 0 Å². The molecule has 0 spiro atoms. The molecule has 2 fully saturated rings. The van der Waals surface area contributed by atoms with Gasteiger partial charge in [0.25, 0.3) is 0 Å². The molecule has 5 heteroatoms. The van der Waals surface area contributed by atoms with Crippen molar-refractivity contribution >= 4 is 23.2 Å². The van der Waals surface area contributed by atoms with Gasteiger partial charge in [0.05, 0.1) is 5.92 Å². The van der Waals surface area contributed by atoms with Crippen LogP contribution in [0, 0.1) is 19.8 Å². The first-order chi connectivity index (χ1) is 14.0. The first-order valence-electron chi connectivity index (χ1n) is 10.5. The molecule has 2 amide bonds. The van der Waals surface area contributed by atoms with Crippen molar-refractivity contribution in [3.8, 4) is 0 Å². The fraction of sp³-hybridized carbons (Fsp3) is 0.417. The van der Waals surface area contributed by atoms with E-state index in [-0.39, 0.29) is 24.2 Å². The van der Waals surface area contributed by atoms with Gasteiger partial charge in [-0.3, -0.25) is 14.5 Å². The van der Waals surface area contributed by atoms with Crippen LogP contribution < -0.4 is 10.2 Å². The highest BCUT2D eigenvalue weighted by Gasteiger charge is 2.36. The number of benzene rings is 2. The van der Waals surface area contributed by atoms with Crippen LogP contribution in [0.1, 0.15) is 36.0 Å². The predicted molar refractivity (Wildman–Crippen MR) is 116 cm³/mol. The lowest BCUT2D eigenvalue weighted by Crippen LogP contribution is -2.29. The Balaban J connectivity index is 1.46. The third kappa shape index (κ3) is 4.20. The van der Waals surface area contributed by atoms with Crippen molar-refractivity contribution in [1.82, 2.24) is 4.90 Å². The average Bonchev–Trinajstić information content (AvgIpc) is 3.35. The number of likely N-dealkylation sites (tertiary alicyclic amines) is 1. The summed E-state index contributed by atoms with van der Waals surface area (Å²) in [6.07, 6.45) is 2.74. The van der Waals surface area contributed by atoms with E-state index in [4.69, 9.17) is 0 Å². The lowest BCUT2D eigenvalue weighted by Gasteiger charge is -2.21. The van der Waals surface area contributed by atoms with Gasteiger partial charge in [0.1, 0.15) is 0 Å². The first-order valence-corrected chi connectivity index (χ1v) is 10.5. The summed E-state index contributed by atoms with van der Waals surface area (Å²) in [5.41, 5.74) is 5.16. The number of anilines is 2. The van der Waals surface area contributed by atoms with Gasteiger partial charge in [-0.2, -0.15) is 0 Å². The molecule has 2 saturated heterocycles. The number of aryl methyl sites for hydroxylation is 1. The highest BCUT2D eigenvalue weighted by molar-refractivity contribution is 6.04. The fourth-order valence-electron chi connectivity index (χ4n) is 4.34. The molecule has 2 aromatic carbocycles. The maximum atomic E-state index is 13.0. The Morgan fingerprint density at radius 1 is 1.07 bits per heavy atom.